The van der Waals surface area contributed by atoms with Gasteiger partial charge in [-0.15, -0.1) is 0 Å². The maximum atomic E-state index is 5.88. The zero-order chi connectivity index (χ0) is 19.2. The fraction of sp³-hybridized carbons (Fsp3) is 1.00. The van der Waals surface area contributed by atoms with Gasteiger partial charge in [0, 0.05) is 6.61 Å². The highest BCUT2D eigenvalue weighted by Gasteiger charge is 2.57. The van der Waals surface area contributed by atoms with Gasteiger partial charge in [-0.05, 0) is 117 Å². The first-order chi connectivity index (χ1) is 12.9. The molecular weight excluding hydrogens is 328 g/mol. The Kier molecular flexibility index (Phi) is 5.74. The van der Waals surface area contributed by atoms with Crippen LogP contribution >= 0.6 is 0 Å². The summed E-state index contributed by atoms with van der Waals surface area (Å²) in [6, 6.07) is 0. The Morgan fingerprint density at radius 1 is 0.889 bits per heavy atom. The smallest absolute Gasteiger partial charge is 0.0519 e. The van der Waals surface area contributed by atoms with Crippen LogP contribution < -0.4 is 0 Å². The maximum absolute atomic E-state index is 5.88. The molecule has 0 N–H and O–H groups in total. The highest BCUT2D eigenvalue weighted by atomic mass is 16.5. The standard InChI is InChI=1S/C26H46O/c1-6-18(3)23-10-11-24-22-9-8-19-16-25(4,17-27-7-2)14-12-20(19)21(22)13-15-26(23,24)5/h18-24H,6-17H2,1-5H3/t18?,19?,20?,21?,22?,23?,24?,25-,26?/m0/s1. The van der Waals surface area contributed by atoms with Crippen molar-refractivity contribution in [3.63, 3.8) is 0 Å². The maximum Gasteiger partial charge on any atom is 0.0519 e. The van der Waals surface area contributed by atoms with Gasteiger partial charge in [0.25, 0.3) is 0 Å². The molecule has 9 atom stereocenters. The van der Waals surface area contributed by atoms with E-state index in [0.717, 1.165) is 54.6 Å². The lowest BCUT2D eigenvalue weighted by Gasteiger charge is -2.58. The van der Waals surface area contributed by atoms with E-state index in [4.69, 9.17) is 4.74 Å². The van der Waals surface area contributed by atoms with E-state index in [-0.39, 0.29) is 0 Å². The van der Waals surface area contributed by atoms with Gasteiger partial charge in [-0.1, -0.05) is 34.1 Å². The predicted octanol–water partition coefficient (Wildman–Crippen LogP) is 7.34. The monoisotopic (exact) mass is 374 g/mol. The molecule has 0 radical (unpaired) electrons. The van der Waals surface area contributed by atoms with Crippen molar-refractivity contribution >= 4 is 0 Å². The first-order valence-electron chi connectivity index (χ1n) is 12.5. The second-order valence-electron chi connectivity index (χ2n) is 11.7. The Balaban J connectivity index is 1.46. The molecule has 0 bridgehead atoms. The second kappa shape index (κ2) is 7.66. The molecule has 0 aliphatic heterocycles. The number of hydrogen-bond donors (Lipinski definition) is 0. The Bertz CT molecular complexity index is 514. The summed E-state index contributed by atoms with van der Waals surface area (Å²) >= 11 is 0. The van der Waals surface area contributed by atoms with Crippen LogP contribution in [-0.4, -0.2) is 13.2 Å². The van der Waals surface area contributed by atoms with E-state index in [1.165, 1.54) is 44.9 Å². The molecule has 4 fully saturated rings. The number of hydrogen-bond acceptors (Lipinski definition) is 1. The van der Waals surface area contributed by atoms with E-state index in [2.05, 4.69) is 34.6 Å². The summed E-state index contributed by atoms with van der Waals surface area (Å²) in [6.07, 6.45) is 15.0. The van der Waals surface area contributed by atoms with Gasteiger partial charge in [0.1, 0.15) is 0 Å². The summed E-state index contributed by atoms with van der Waals surface area (Å²) in [7, 11) is 0. The van der Waals surface area contributed by atoms with Crippen LogP contribution in [-0.2, 0) is 4.74 Å². The minimum Gasteiger partial charge on any atom is -0.381 e. The van der Waals surface area contributed by atoms with E-state index in [1.807, 2.05) is 0 Å². The molecule has 0 aromatic heterocycles. The summed E-state index contributed by atoms with van der Waals surface area (Å²) in [6.45, 7) is 14.2. The van der Waals surface area contributed by atoms with Gasteiger partial charge < -0.3 is 4.74 Å². The first-order valence-corrected chi connectivity index (χ1v) is 12.5. The van der Waals surface area contributed by atoms with E-state index >= 15 is 0 Å². The fourth-order valence-electron chi connectivity index (χ4n) is 8.93. The molecule has 156 valence electrons. The largest absolute Gasteiger partial charge is 0.381 e. The zero-order valence-electron chi connectivity index (χ0n) is 18.9. The van der Waals surface area contributed by atoms with Gasteiger partial charge in [-0.25, -0.2) is 0 Å². The van der Waals surface area contributed by atoms with Crippen LogP contribution in [0, 0.1) is 52.3 Å². The summed E-state index contributed by atoms with van der Waals surface area (Å²) in [5.41, 5.74) is 1.13. The number of rotatable bonds is 5. The van der Waals surface area contributed by atoms with Gasteiger partial charge >= 0.3 is 0 Å². The topological polar surface area (TPSA) is 9.23 Å². The Hall–Kier alpha value is -0.0400. The molecule has 0 amide bonds. The quantitative estimate of drug-likeness (QED) is 0.489. The summed E-state index contributed by atoms with van der Waals surface area (Å²) in [5.74, 6) is 7.17. The third-order valence-corrected chi connectivity index (χ3v) is 10.4. The van der Waals surface area contributed by atoms with Crippen LogP contribution in [0.1, 0.15) is 98.8 Å². The van der Waals surface area contributed by atoms with Crippen LogP contribution in [0.3, 0.4) is 0 Å². The van der Waals surface area contributed by atoms with Gasteiger partial charge in [0.2, 0.25) is 0 Å². The van der Waals surface area contributed by atoms with Crippen LogP contribution in [0.5, 0.6) is 0 Å². The Morgan fingerprint density at radius 3 is 2.41 bits per heavy atom. The van der Waals surface area contributed by atoms with Crippen molar-refractivity contribution in [1.29, 1.82) is 0 Å². The molecule has 0 aromatic rings. The molecule has 1 nitrogen and oxygen atoms in total. The van der Waals surface area contributed by atoms with Crippen LogP contribution in [0.4, 0.5) is 0 Å². The average Bonchev–Trinajstić information content (AvgIpc) is 3.02. The molecule has 0 saturated heterocycles. The van der Waals surface area contributed by atoms with Gasteiger partial charge in [0.15, 0.2) is 0 Å². The van der Waals surface area contributed by atoms with Crippen LogP contribution in [0.15, 0.2) is 0 Å². The molecule has 4 saturated carbocycles. The third-order valence-electron chi connectivity index (χ3n) is 10.4. The third kappa shape index (κ3) is 3.43. The molecule has 1 heteroatoms. The van der Waals surface area contributed by atoms with Crippen molar-refractivity contribution in [2.24, 2.45) is 52.3 Å². The summed E-state index contributed by atoms with van der Waals surface area (Å²) in [5, 5.41) is 0. The average molecular weight is 375 g/mol. The van der Waals surface area contributed by atoms with Gasteiger partial charge in [0.05, 0.1) is 6.61 Å². The van der Waals surface area contributed by atoms with Crippen molar-refractivity contribution < 1.29 is 4.74 Å². The van der Waals surface area contributed by atoms with Crippen molar-refractivity contribution in [2.75, 3.05) is 13.2 Å². The van der Waals surface area contributed by atoms with Gasteiger partial charge in [-0.3, -0.25) is 0 Å². The lowest BCUT2D eigenvalue weighted by Crippen LogP contribution is -2.50. The minimum absolute atomic E-state index is 0.461. The molecule has 0 aromatic carbocycles. The highest BCUT2D eigenvalue weighted by Crippen LogP contribution is 2.66. The molecule has 0 heterocycles. The van der Waals surface area contributed by atoms with Crippen molar-refractivity contribution in [3.8, 4) is 0 Å². The summed E-state index contributed by atoms with van der Waals surface area (Å²) < 4.78 is 5.88. The zero-order valence-corrected chi connectivity index (χ0v) is 18.9. The van der Waals surface area contributed by atoms with E-state index in [1.54, 1.807) is 19.3 Å². The predicted molar refractivity (Wildman–Crippen MR) is 115 cm³/mol. The van der Waals surface area contributed by atoms with Gasteiger partial charge in [-0.2, -0.15) is 0 Å². The minimum atomic E-state index is 0.461. The number of ether oxygens (including phenoxy) is 1. The summed E-state index contributed by atoms with van der Waals surface area (Å²) in [4.78, 5) is 0. The molecule has 8 unspecified atom stereocenters. The van der Waals surface area contributed by atoms with Crippen molar-refractivity contribution in [1.82, 2.24) is 0 Å². The SMILES string of the molecule is CCOC[C@@]1(C)CCC2C(CCC3C2CCC2(C)C(C(C)CC)CCC32)C1. The molecule has 4 aliphatic rings. The van der Waals surface area contributed by atoms with Crippen molar-refractivity contribution in [3.05, 3.63) is 0 Å². The molecule has 4 rings (SSSR count). The molecule has 27 heavy (non-hydrogen) atoms. The Labute approximate surface area is 169 Å². The van der Waals surface area contributed by atoms with E-state index in [0.29, 0.717) is 10.8 Å². The van der Waals surface area contributed by atoms with E-state index in [9.17, 15) is 0 Å². The molecule has 4 aliphatic carbocycles. The number of fused-ring (bicyclic) bond motifs is 5. The Morgan fingerprint density at radius 2 is 1.67 bits per heavy atom. The molecular formula is C26H46O. The first kappa shape index (κ1) is 20.2. The van der Waals surface area contributed by atoms with Crippen molar-refractivity contribution in [2.45, 2.75) is 98.8 Å². The second-order valence-corrected chi connectivity index (χ2v) is 11.7. The normalized spacial score (nSPS) is 50.6. The lowest BCUT2D eigenvalue weighted by atomic mass is 9.48. The van der Waals surface area contributed by atoms with E-state index < -0.39 is 0 Å². The van der Waals surface area contributed by atoms with Crippen LogP contribution in [0.2, 0.25) is 0 Å². The van der Waals surface area contributed by atoms with Crippen LogP contribution in [0.25, 0.3) is 0 Å². The fourth-order valence-corrected chi connectivity index (χ4v) is 8.93. The lowest BCUT2D eigenvalue weighted by molar-refractivity contribution is -0.0921. The molecule has 0 spiro atoms. The highest BCUT2D eigenvalue weighted by molar-refractivity contribution is 5.07.